The first-order chi connectivity index (χ1) is 10.8. The SMILES string of the molecule is CC/C(O)=C/C(=O)c1ccc(-c2ccc(C(F)(F)F)cc2)cc1. The molecule has 23 heavy (non-hydrogen) atoms. The third-order valence-electron chi connectivity index (χ3n) is 3.37. The molecule has 2 rings (SSSR count). The highest BCUT2D eigenvalue weighted by Gasteiger charge is 2.29. The van der Waals surface area contributed by atoms with Crippen LogP contribution in [0.5, 0.6) is 0 Å². The summed E-state index contributed by atoms with van der Waals surface area (Å²) in [5.41, 5.74) is 1.04. The van der Waals surface area contributed by atoms with Gasteiger partial charge >= 0.3 is 6.18 Å². The van der Waals surface area contributed by atoms with E-state index in [1.807, 2.05) is 0 Å². The summed E-state index contributed by atoms with van der Waals surface area (Å²) in [5, 5.41) is 9.36. The molecule has 0 atom stereocenters. The highest BCUT2D eigenvalue weighted by Crippen LogP contribution is 2.31. The quantitative estimate of drug-likeness (QED) is 0.465. The van der Waals surface area contributed by atoms with Crippen LogP contribution >= 0.6 is 0 Å². The molecule has 0 unspecified atom stereocenters. The summed E-state index contributed by atoms with van der Waals surface area (Å²) in [6, 6.07) is 11.3. The van der Waals surface area contributed by atoms with Crippen LogP contribution in [0.3, 0.4) is 0 Å². The normalized spacial score (nSPS) is 12.3. The lowest BCUT2D eigenvalue weighted by Crippen LogP contribution is -2.04. The Morgan fingerprint density at radius 1 is 1.00 bits per heavy atom. The Hall–Kier alpha value is -2.56. The second kappa shape index (κ2) is 6.69. The van der Waals surface area contributed by atoms with Crippen LogP contribution in [-0.2, 0) is 6.18 Å². The van der Waals surface area contributed by atoms with Gasteiger partial charge in [0.1, 0.15) is 0 Å². The summed E-state index contributed by atoms with van der Waals surface area (Å²) in [6.45, 7) is 1.73. The Balaban J connectivity index is 2.21. The minimum atomic E-state index is -4.36. The molecule has 0 fully saturated rings. The fourth-order valence-corrected chi connectivity index (χ4v) is 2.02. The Morgan fingerprint density at radius 2 is 1.48 bits per heavy atom. The maximum absolute atomic E-state index is 12.5. The van der Waals surface area contributed by atoms with Gasteiger partial charge in [0.15, 0.2) is 5.78 Å². The molecule has 0 aliphatic heterocycles. The maximum Gasteiger partial charge on any atom is 0.416 e. The lowest BCUT2D eigenvalue weighted by molar-refractivity contribution is -0.137. The third-order valence-corrected chi connectivity index (χ3v) is 3.37. The van der Waals surface area contributed by atoms with Crippen molar-refractivity contribution >= 4 is 5.78 Å². The lowest BCUT2D eigenvalue weighted by atomic mass is 10.0. The van der Waals surface area contributed by atoms with Crippen molar-refractivity contribution in [1.29, 1.82) is 0 Å². The van der Waals surface area contributed by atoms with Crippen molar-refractivity contribution in [3.63, 3.8) is 0 Å². The Morgan fingerprint density at radius 3 is 1.91 bits per heavy atom. The lowest BCUT2D eigenvalue weighted by Gasteiger charge is -2.08. The van der Waals surface area contributed by atoms with Gasteiger partial charge in [0.25, 0.3) is 0 Å². The molecule has 0 spiro atoms. The second-order valence-corrected chi connectivity index (χ2v) is 5.01. The van der Waals surface area contributed by atoms with Crippen molar-refractivity contribution in [2.24, 2.45) is 0 Å². The van der Waals surface area contributed by atoms with E-state index in [2.05, 4.69) is 0 Å². The van der Waals surface area contributed by atoms with E-state index in [4.69, 9.17) is 0 Å². The van der Waals surface area contributed by atoms with E-state index in [0.717, 1.165) is 18.2 Å². The minimum absolute atomic E-state index is 0.00168. The van der Waals surface area contributed by atoms with Crippen molar-refractivity contribution in [3.8, 4) is 11.1 Å². The maximum atomic E-state index is 12.5. The van der Waals surface area contributed by atoms with Gasteiger partial charge in [-0.3, -0.25) is 4.79 Å². The molecular weight excluding hydrogens is 305 g/mol. The van der Waals surface area contributed by atoms with Crippen LogP contribution in [0.25, 0.3) is 11.1 Å². The van der Waals surface area contributed by atoms with Crippen molar-refractivity contribution in [2.45, 2.75) is 19.5 Å². The number of alkyl halides is 3. The van der Waals surface area contributed by atoms with Crippen molar-refractivity contribution in [1.82, 2.24) is 0 Å². The van der Waals surface area contributed by atoms with Crippen molar-refractivity contribution in [3.05, 3.63) is 71.5 Å². The number of benzene rings is 2. The summed E-state index contributed by atoms with van der Waals surface area (Å²) < 4.78 is 37.6. The van der Waals surface area contributed by atoms with Gasteiger partial charge in [0, 0.05) is 18.1 Å². The van der Waals surface area contributed by atoms with Gasteiger partial charge < -0.3 is 5.11 Å². The minimum Gasteiger partial charge on any atom is -0.512 e. The molecule has 5 heteroatoms. The Kier molecular flexibility index (Phi) is 4.89. The number of rotatable bonds is 4. The highest BCUT2D eigenvalue weighted by atomic mass is 19.4. The van der Waals surface area contributed by atoms with E-state index >= 15 is 0 Å². The zero-order valence-electron chi connectivity index (χ0n) is 12.4. The summed E-state index contributed by atoms with van der Waals surface area (Å²) in [5.74, 6) is -0.315. The molecule has 0 aromatic heterocycles. The molecule has 2 nitrogen and oxygen atoms in total. The van der Waals surface area contributed by atoms with Gasteiger partial charge in [-0.25, -0.2) is 0 Å². The van der Waals surface area contributed by atoms with Crippen LogP contribution in [0.4, 0.5) is 13.2 Å². The molecule has 0 amide bonds. The summed E-state index contributed by atoms with van der Waals surface area (Å²) in [6.07, 6.45) is -2.83. The standard InChI is InChI=1S/C18H15F3O2/c1-2-16(22)11-17(23)14-5-3-12(4-6-14)13-7-9-15(10-8-13)18(19,20)21/h3-11,22H,2H2,1H3/b16-11-. The first kappa shape index (κ1) is 16.8. The van der Waals surface area contributed by atoms with Crippen LogP contribution < -0.4 is 0 Å². The molecule has 0 saturated carbocycles. The van der Waals surface area contributed by atoms with Gasteiger partial charge in [-0.1, -0.05) is 43.3 Å². The molecule has 2 aromatic rings. The zero-order valence-corrected chi connectivity index (χ0v) is 12.4. The van der Waals surface area contributed by atoms with E-state index in [0.29, 0.717) is 23.1 Å². The van der Waals surface area contributed by atoms with Gasteiger partial charge in [-0.2, -0.15) is 13.2 Å². The number of carbonyl (C=O) groups is 1. The number of halogens is 3. The first-order valence-electron chi connectivity index (χ1n) is 7.03. The molecule has 0 bridgehead atoms. The monoisotopic (exact) mass is 320 g/mol. The van der Waals surface area contributed by atoms with Crippen molar-refractivity contribution in [2.75, 3.05) is 0 Å². The number of allylic oxidation sites excluding steroid dienone is 2. The van der Waals surface area contributed by atoms with Crippen LogP contribution in [0.2, 0.25) is 0 Å². The van der Waals surface area contributed by atoms with Gasteiger partial charge in [-0.15, -0.1) is 0 Å². The average molecular weight is 320 g/mol. The molecule has 0 saturated heterocycles. The summed E-state index contributed by atoms with van der Waals surface area (Å²) in [7, 11) is 0. The number of carbonyl (C=O) groups excluding carboxylic acids is 1. The predicted octanol–water partition coefficient (Wildman–Crippen LogP) is 5.41. The van der Waals surface area contributed by atoms with Crippen LogP contribution in [0.1, 0.15) is 29.3 Å². The molecule has 0 aliphatic rings. The second-order valence-electron chi connectivity index (χ2n) is 5.01. The van der Waals surface area contributed by atoms with Gasteiger partial charge in [0.05, 0.1) is 11.3 Å². The first-order valence-corrected chi connectivity index (χ1v) is 7.03. The smallest absolute Gasteiger partial charge is 0.416 e. The average Bonchev–Trinajstić information content (AvgIpc) is 2.54. The Labute approximate surface area is 131 Å². The number of ketones is 1. The van der Waals surface area contributed by atoms with E-state index in [1.165, 1.54) is 12.1 Å². The number of aliphatic hydroxyl groups is 1. The molecule has 0 radical (unpaired) electrons. The van der Waals surface area contributed by atoms with Crippen LogP contribution in [0, 0.1) is 0 Å². The number of hydrogen-bond donors (Lipinski definition) is 1. The highest BCUT2D eigenvalue weighted by molar-refractivity contribution is 6.04. The van der Waals surface area contributed by atoms with Gasteiger partial charge in [0.2, 0.25) is 0 Å². The largest absolute Gasteiger partial charge is 0.512 e. The van der Waals surface area contributed by atoms with E-state index in [9.17, 15) is 23.1 Å². The summed E-state index contributed by atoms with van der Waals surface area (Å²) in [4.78, 5) is 11.9. The van der Waals surface area contributed by atoms with Crippen LogP contribution in [0.15, 0.2) is 60.4 Å². The Bertz CT molecular complexity index is 711. The van der Waals surface area contributed by atoms with E-state index in [1.54, 1.807) is 31.2 Å². The van der Waals surface area contributed by atoms with Crippen LogP contribution in [-0.4, -0.2) is 10.9 Å². The summed E-state index contributed by atoms with van der Waals surface area (Å²) >= 11 is 0. The molecule has 2 aromatic carbocycles. The topological polar surface area (TPSA) is 37.3 Å². The van der Waals surface area contributed by atoms with E-state index < -0.39 is 11.7 Å². The third kappa shape index (κ3) is 4.22. The molecular formula is C18H15F3O2. The number of aliphatic hydroxyl groups excluding tert-OH is 1. The zero-order chi connectivity index (χ0) is 17.0. The fraction of sp³-hybridized carbons (Fsp3) is 0.167. The predicted molar refractivity (Wildman–Crippen MR) is 82.2 cm³/mol. The molecule has 120 valence electrons. The fourth-order valence-electron chi connectivity index (χ4n) is 2.02. The van der Waals surface area contributed by atoms with E-state index in [-0.39, 0.29) is 11.5 Å². The van der Waals surface area contributed by atoms with Gasteiger partial charge in [-0.05, 0) is 23.3 Å². The van der Waals surface area contributed by atoms with Crippen molar-refractivity contribution < 1.29 is 23.1 Å². The molecule has 0 heterocycles. The number of hydrogen-bond acceptors (Lipinski definition) is 2. The molecule has 0 aliphatic carbocycles. The molecule has 1 N–H and O–H groups in total.